The standard InChI is InChI=1S/C28H25F3N2O/c1-21-12-14-24(15-13-21)27(34)33(18-22-7-3-2-4-8-22)20-26-11-6-16-32(26)19-23-9-5-10-25(17-23)28(29,30)31/h2-17H,18-20H2,1H3. The topological polar surface area (TPSA) is 25.2 Å². The lowest BCUT2D eigenvalue weighted by Crippen LogP contribution is -2.31. The van der Waals surface area contributed by atoms with Crippen LogP contribution < -0.4 is 0 Å². The second-order valence-electron chi connectivity index (χ2n) is 8.34. The summed E-state index contributed by atoms with van der Waals surface area (Å²) >= 11 is 0. The molecule has 0 aliphatic heterocycles. The summed E-state index contributed by atoms with van der Waals surface area (Å²) in [7, 11) is 0. The molecule has 0 aliphatic carbocycles. The van der Waals surface area contributed by atoms with Crippen LogP contribution in [0, 0.1) is 6.92 Å². The Morgan fingerprint density at radius 1 is 0.824 bits per heavy atom. The number of hydrogen-bond acceptors (Lipinski definition) is 1. The molecule has 4 aromatic rings. The molecule has 0 fully saturated rings. The predicted octanol–water partition coefficient (Wildman–Crippen LogP) is 6.71. The van der Waals surface area contributed by atoms with E-state index < -0.39 is 11.7 Å². The van der Waals surface area contributed by atoms with Gasteiger partial charge in [0.1, 0.15) is 0 Å². The van der Waals surface area contributed by atoms with Crippen LogP contribution >= 0.6 is 0 Å². The molecule has 1 heterocycles. The Morgan fingerprint density at radius 2 is 1.53 bits per heavy atom. The number of rotatable bonds is 7. The quantitative estimate of drug-likeness (QED) is 0.300. The van der Waals surface area contributed by atoms with E-state index in [1.54, 1.807) is 11.0 Å². The van der Waals surface area contributed by atoms with Crippen LogP contribution in [0.5, 0.6) is 0 Å². The van der Waals surface area contributed by atoms with E-state index in [-0.39, 0.29) is 12.5 Å². The second-order valence-corrected chi connectivity index (χ2v) is 8.34. The van der Waals surface area contributed by atoms with Crippen LogP contribution in [0.4, 0.5) is 13.2 Å². The third-order valence-electron chi connectivity index (χ3n) is 5.69. The molecule has 3 nitrogen and oxygen atoms in total. The highest BCUT2D eigenvalue weighted by atomic mass is 19.4. The molecule has 4 rings (SSSR count). The monoisotopic (exact) mass is 462 g/mol. The number of carbonyl (C=O) groups is 1. The molecule has 0 saturated heterocycles. The lowest BCUT2D eigenvalue weighted by atomic mass is 10.1. The van der Waals surface area contributed by atoms with Crippen LogP contribution in [0.15, 0.2) is 97.2 Å². The number of aromatic nitrogens is 1. The Balaban J connectivity index is 1.59. The average Bonchev–Trinajstić information content (AvgIpc) is 3.25. The Morgan fingerprint density at radius 3 is 2.24 bits per heavy atom. The molecule has 1 amide bonds. The first-order valence-corrected chi connectivity index (χ1v) is 11.0. The Labute approximate surface area is 197 Å². The second kappa shape index (κ2) is 10.00. The largest absolute Gasteiger partial charge is 0.416 e. The highest BCUT2D eigenvalue weighted by Gasteiger charge is 2.30. The first kappa shape index (κ1) is 23.4. The SMILES string of the molecule is Cc1ccc(C(=O)N(Cc2ccccc2)Cc2cccn2Cc2cccc(C(F)(F)F)c2)cc1. The molecule has 0 aliphatic rings. The number of amides is 1. The highest BCUT2D eigenvalue weighted by molar-refractivity contribution is 5.94. The van der Waals surface area contributed by atoms with E-state index in [1.165, 1.54) is 12.1 Å². The van der Waals surface area contributed by atoms with Crippen molar-refractivity contribution in [3.8, 4) is 0 Å². The predicted molar refractivity (Wildman–Crippen MR) is 126 cm³/mol. The van der Waals surface area contributed by atoms with Crippen LogP contribution in [0.3, 0.4) is 0 Å². The van der Waals surface area contributed by atoms with Gasteiger partial charge in [0.2, 0.25) is 0 Å². The summed E-state index contributed by atoms with van der Waals surface area (Å²) < 4.78 is 41.3. The van der Waals surface area contributed by atoms with Crippen molar-refractivity contribution in [2.75, 3.05) is 0 Å². The lowest BCUT2D eigenvalue weighted by molar-refractivity contribution is -0.137. The minimum atomic E-state index is -4.39. The molecule has 0 radical (unpaired) electrons. The van der Waals surface area contributed by atoms with Gasteiger partial charge >= 0.3 is 6.18 Å². The van der Waals surface area contributed by atoms with Crippen molar-refractivity contribution in [1.29, 1.82) is 0 Å². The summed E-state index contributed by atoms with van der Waals surface area (Å²) in [6.45, 7) is 3.00. The molecule has 0 atom stereocenters. The van der Waals surface area contributed by atoms with Crippen molar-refractivity contribution >= 4 is 5.91 Å². The fourth-order valence-corrected chi connectivity index (χ4v) is 3.87. The van der Waals surface area contributed by atoms with Gasteiger partial charge in [-0.15, -0.1) is 0 Å². The number of nitrogens with zero attached hydrogens (tertiary/aromatic N) is 2. The molecule has 0 N–H and O–H groups in total. The molecule has 34 heavy (non-hydrogen) atoms. The highest BCUT2D eigenvalue weighted by Crippen LogP contribution is 2.29. The zero-order chi connectivity index (χ0) is 24.1. The van der Waals surface area contributed by atoms with Crippen LogP contribution in [-0.2, 0) is 25.8 Å². The van der Waals surface area contributed by atoms with Crippen molar-refractivity contribution < 1.29 is 18.0 Å². The maximum absolute atomic E-state index is 13.4. The smallest absolute Gasteiger partial charge is 0.345 e. The molecule has 3 aromatic carbocycles. The van der Waals surface area contributed by atoms with Gasteiger partial charge in [-0.1, -0.05) is 60.2 Å². The van der Waals surface area contributed by atoms with Crippen molar-refractivity contribution in [2.24, 2.45) is 0 Å². The first-order valence-electron chi connectivity index (χ1n) is 11.0. The van der Waals surface area contributed by atoms with Crippen molar-refractivity contribution in [2.45, 2.75) is 32.7 Å². The third-order valence-corrected chi connectivity index (χ3v) is 5.69. The van der Waals surface area contributed by atoms with E-state index in [1.807, 2.05) is 84.4 Å². The van der Waals surface area contributed by atoms with Gasteiger partial charge in [-0.05, 0) is 54.4 Å². The number of benzene rings is 3. The normalized spacial score (nSPS) is 11.4. The number of aryl methyl sites for hydroxylation is 1. The third kappa shape index (κ3) is 5.76. The molecule has 0 saturated carbocycles. The van der Waals surface area contributed by atoms with E-state index in [0.29, 0.717) is 24.2 Å². The molecule has 0 spiro atoms. The van der Waals surface area contributed by atoms with Gasteiger partial charge in [-0.3, -0.25) is 4.79 Å². The Bertz CT molecular complexity index is 1240. The van der Waals surface area contributed by atoms with E-state index in [4.69, 9.17) is 0 Å². The Kier molecular flexibility index (Phi) is 6.87. The van der Waals surface area contributed by atoms with E-state index >= 15 is 0 Å². The summed E-state index contributed by atoms with van der Waals surface area (Å²) in [5.41, 5.74) is 3.39. The fraction of sp³-hybridized carbons (Fsp3) is 0.179. The maximum atomic E-state index is 13.4. The first-order chi connectivity index (χ1) is 16.3. The maximum Gasteiger partial charge on any atom is 0.416 e. The van der Waals surface area contributed by atoms with Gasteiger partial charge in [-0.25, -0.2) is 0 Å². The summed E-state index contributed by atoms with van der Waals surface area (Å²) in [4.78, 5) is 15.2. The van der Waals surface area contributed by atoms with Crippen LogP contribution in [-0.4, -0.2) is 15.4 Å². The summed E-state index contributed by atoms with van der Waals surface area (Å²) in [6.07, 6.45) is -2.56. The minimum Gasteiger partial charge on any atom is -0.345 e. The van der Waals surface area contributed by atoms with Crippen LogP contribution in [0.25, 0.3) is 0 Å². The molecule has 0 unspecified atom stereocenters. The van der Waals surface area contributed by atoms with Crippen molar-refractivity contribution in [1.82, 2.24) is 9.47 Å². The molecule has 0 bridgehead atoms. The van der Waals surface area contributed by atoms with Gasteiger partial charge in [-0.2, -0.15) is 13.2 Å². The van der Waals surface area contributed by atoms with Gasteiger partial charge in [0, 0.05) is 30.5 Å². The van der Waals surface area contributed by atoms with E-state index in [2.05, 4.69) is 0 Å². The van der Waals surface area contributed by atoms with Crippen LogP contribution in [0.1, 0.15) is 38.3 Å². The number of carbonyl (C=O) groups excluding carboxylic acids is 1. The van der Waals surface area contributed by atoms with Gasteiger partial charge in [0.05, 0.1) is 12.1 Å². The van der Waals surface area contributed by atoms with E-state index in [9.17, 15) is 18.0 Å². The van der Waals surface area contributed by atoms with Gasteiger partial charge < -0.3 is 9.47 Å². The van der Waals surface area contributed by atoms with Crippen molar-refractivity contribution in [3.63, 3.8) is 0 Å². The minimum absolute atomic E-state index is 0.101. The molecular formula is C28H25F3N2O. The summed E-state index contributed by atoms with van der Waals surface area (Å²) in [6, 6.07) is 26.3. The average molecular weight is 463 g/mol. The zero-order valence-electron chi connectivity index (χ0n) is 18.8. The number of alkyl halides is 3. The summed E-state index contributed by atoms with van der Waals surface area (Å²) in [5, 5.41) is 0. The molecule has 174 valence electrons. The lowest BCUT2D eigenvalue weighted by Gasteiger charge is -2.24. The summed E-state index contributed by atoms with van der Waals surface area (Å²) in [5.74, 6) is -0.101. The van der Waals surface area contributed by atoms with Crippen molar-refractivity contribution in [3.05, 3.63) is 131 Å². The Hall–Kier alpha value is -3.80. The number of halogens is 3. The van der Waals surface area contributed by atoms with Gasteiger partial charge in [0.15, 0.2) is 0 Å². The fourth-order valence-electron chi connectivity index (χ4n) is 3.87. The zero-order valence-corrected chi connectivity index (χ0v) is 18.8. The van der Waals surface area contributed by atoms with Gasteiger partial charge in [0.25, 0.3) is 5.91 Å². The molecular weight excluding hydrogens is 437 g/mol. The van der Waals surface area contributed by atoms with E-state index in [0.717, 1.165) is 22.9 Å². The van der Waals surface area contributed by atoms with Crippen LogP contribution in [0.2, 0.25) is 0 Å². The molecule has 1 aromatic heterocycles. The molecule has 6 heteroatoms. The number of hydrogen-bond donors (Lipinski definition) is 0.